The smallest absolute Gasteiger partial charge is 0.305 e. The van der Waals surface area contributed by atoms with E-state index in [1.807, 2.05) is 7.05 Å². The van der Waals surface area contributed by atoms with Crippen LogP contribution in [0.15, 0.2) is 0 Å². The normalized spacial score (nSPS) is 9.80. The summed E-state index contributed by atoms with van der Waals surface area (Å²) in [6.45, 7) is 3.57. The van der Waals surface area contributed by atoms with Crippen molar-refractivity contribution in [3.63, 3.8) is 0 Å². The second-order valence-corrected chi connectivity index (χ2v) is 3.29. The molecule has 0 aliphatic carbocycles. The molecule has 0 saturated carbocycles. The number of methoxy groups -OCH3 is 1. The zero-order valence-electron chi connectivity index (χ0n) is 9.71. The fourth-order valence-corrected chi connectivity index (χ4v) is 1.19. The van der Waals surface area contributed by atoms with E-state index in [2.05, 4.69) is 10.1 Å². The van der Waals surface area contributed by atoms with Gasteiger partial charge >= 0.3 is 5.97 Å². The summed E-state index contributed by atoms with van der Waals surface area (Å²) in [5.74, 6) is -0.192. The molecule has 0 atom stereocenters. The number of rotatable bonds is 7. The maximum absolute atomic E-state index is 11.2. The number of hydrogen-bond acceptors (Lipinski definition) is 4. The van der Waals surface area contributed by atoms with E-state index in [1.165, 1.54) is 14.0 Å². The lowest BCUT2D eigenvalue weighted by Gasteiger charge is -2.20. The molecule has 15 heavy (non-hydrogen) atoms. The van der Waals surface area contributed by atoms with Crippen LogP contribution in [0.5, 0.6) is 0 Å². The Labute approximate surface area is 90.8 Å². The number of amides is 1. The number of likely N-dealkylation sites (N-methyl/N-ethyl adjacent to an activating group) is 1. The van der Waals surface area contributed by atoms with Gasteiger partial charge in [-0.2, -0.15) is 0 Å². The summed E-state index contributed by atoms with van der Waals surface area (Å²) in [6, 6.07) is 0. The third-order valence-corrected chi connectivity index (χ3v) is 2.11. The minimum atomic E-state index is -0.230. The Hall–Kier alpha value is -1.10. The molecular weight excluding hydrogens is 196 g/mol. The van der Waals surface area contributed by atoms with Crippen LogP contribution < -0.4 is 5.32 Å². The van der Waals surface area contributed by atoms with E-state index in [0.717, 1.165) is 6.54 Å². The molecule has 0 saturated heterocycles. The van der Waals surface area contributed by atoms with Gasteiger partial charge in [-0.3, -0.25) is 9.59 Å². The third kappa shape index (κ3) is 6.90. The van der Waals surface area contributed by atoms with Crippen LogP contribution in [-0.2, 0) is 14.3 Å². The molecule has 5 heteroatoms. The number of hydrogen-bond donors (Lipinski definition) is 1. The first-order chi connectivity index (χ1) is 7.11. The average Bonchev–Trinajstić information content (AvgIpc) is 2.22. The molecule has 0 spiro atoms. The highest BCUT2D eigenvalue weighted by atomic mass is 16.5. The number of carbonyl (C=O) groups excluding carboxylic acids is 2. The van der Waals surface area contributed by atoms with E-state index in [9.17, 15) is 9.59 Å². The first kappa shape index (κ1) is 13.9. The van der Waals surface area contributed by atoms with E-state index in [1.54, 1.807) is 4.90 Å². The molecule has 5 nitrogen and oxygen atoms in total. The number of nitrogens with one attached hydrogen (secondary N) is 1. The van der Waals surface area contributed by atoms with E-state index in [-0.39, 0.29) is 11.9 Å². The molecule has 1 N–H and O–H groups in total. The summed E-state index contributed by atoms with van der Waals surface area (Å²) in [5.41, 5.74) is 0. The summed E-state index contributed by atoms with van der Waals surface area (Å²) in [6.07, 6.45) is 1.01. The Kier molecular flexibility index (Phi) is 7.62. The van der Waals surface area contributed by atoms with Crippen molar-refractivity contribution in [3.8, 4) is 0 Å². The second kappa shape index (κ2) is 8.23. The van der Waals surface area contributed by atoms with Gasteiger partial charge in [0.25, 0.3) is 0 Å². The van der Waals surface area contributed by atoms with Crippen molar-refractivity contribution in [3.05, 3.63) is 0 Å². The second-order valence-electron chi connectivity index (χ2n) is 3.29. The standard InChI is InChI=1S/C10H20N2O3/c1-9(13)12(8-6-11-2)7-4-5-10(14)15-3/h11H,4-8H2,1-3H3. The molecule has 0 aliphatic heterocycles. The molecule has 1 amide bonds. The molecule has 0 rings (SSSR count). The molecule has 0 heterocycles. The van der Waals surface area contributed by atoms with Gasteiger partial charge in [-0.05, 0) is 13.5 Å². The predicted octanol–water partition coefficient (Wildman–Crippen LogP) is 0.00750. The van der Waals surface area contributed by atoms with Gasteiger partial charge in [-0.25, -0.2) is 0 Å². The Bertz CT molecular complexity index is 207. The van der Waals surface area contributed by atoms with Gasteiger partial charge in [0.2, 0.25) is 5.91 Å². The third-order valence-electron chi connectivity index (χ3n) is 2.11. The van der Waals surface area contributed by atoms with Crippen LogP contribution in [0.2, 0.25) is 0 Å². The van der Waals surface area contributed by atoms with Crippen molar-refractivity contribution in [1.29, 1.82) is 0 Å². The number of esters is 1. The van der Waals surface area contributed by atoms with Gasteiger partial charge in [0, 0.05) is 33.0 Å². The van der Waals surface area contributed by atoms with Crippen molar-refractivity contribution in [2.45, 2.75) is 19.8 Å². The molecule has 0 aromatic carbocycles. The van der Waals surface area contributed by atoms with Crippen LogP contribution in [0.25, 0.3) is 0 Å². The summed E-state index contributed by atoms with van der Waals surface area (Å²) < 4.78 is 4.52. The fraction of sp³-hybridized carbons (Fsp3) is 0.800. The van der Waals surface area contributed by atoms with E-state index >= 15 is 0 Å². The van der Waals surface area contributed by atoms with Crippen LogP contribution in [0.1, 0.15) is 19.8 Å². The Morgan fingerprint density at radius 1 is 1.33 bits per heavy atom. The SMILES string of the molecule is CNCCN(CCCC(=O)OC)C(C)=O. The highest BCUT2D eigenvalue weighted by Gasteiger charge is 2.08. The van der Waals surface area contributed by atoms with Crippen LogP contribution >= 0.6 is 0 Å². The molecular formula is C10H20N2O3. The van der Waals surface area contributed by atoms with Crippen LogP contribution in [0.4, 0.5) is 0 Å². The van der Waals surface area contributed by atoms with Gasteiger partial charge in [-0.1, -0.05) is 0 Å². The van der Waals surface area contributed by atoms with E-state index in [0.29, 0.717) is 25.9 Å². The molecule has 0 unspecified atom stereocenters. The molecule has 0 radical (unpaired) electrons. The maximum atomic E-state index is 11.2. The lowest BCUT2D eigenvalue weighted by atomic mass is 10.3. The van der Waals surface area contributed by atoms with Gasteiger partial charge < -0.3 is 15.0 Å². The largest absolute Gasteiger partial charge is 0.469 e. The maximum Gasteiger partial charge on any atom is 0.305 e. The first-order valence-electron chi connectivity index (χ1n) is 5.08. The van der Waals surface area contributed by atoms with Crippen LogP contribution in [0.3, 0.4) is 0 Å². The first-order valence-corrected chi connectivity index (χ1v) is 5.08. The van der Waals surface area contributed by atoms with Gasteiger partial charge in [0.15, 0.2) is 0 Å². The molecule has 0 aliphatic rings. The average molecular weight is 216 g/mol. The van der Waals surface area contributed by atoms with Crippen LogP contribution in [-0.4, -0.2) is 50.6 Å². The Morgan fingerprint density at radius 3 is 2.47 bits per heavy atom. The highest BCUT2D eigenvalue weighted by molar-refractivity contribution is 5.73. The summed E-state index contributed by atoms with van der Waals surface area (Å²) >= 11 is 0. The van der Waals surface area contributed by atoms with E-state index < -0.39 is 0 Å². The van der Waals surface area contributed by atoms with Crippen molar-refractivity contribution in [1.82, 2.24) is 10.2 Å². The Morgan fingerprint density at radius 2 is 2.00 bits per heavy atom. The van der Waals surface area contributed by atoms with Crippen molar-refractivity contribution >= 4 is 11.9 Å². The van der Waals surface area contributed by atoms with Gasteiger partial charge in [0.05, 0.1) is 7.11 Å². The molecule has 0 fully saturated rings. The lowest BCUT2D eigenvalue weighted by molar-refractivity contribution is -0.141. The zero-order valence-corrected chi connectivity index (χ0v) is 9.71. The molecule has 0 bridgehead atoms. The van der Waals surface area contributed by atoms with E-state index in [4.69, 9.17) is 0 Å². The molecule has 0 aromatic heterocycles. The monoisotopic (exact) mass is 216 g/mol. The van der Waals surface area contributed by atoms with Gasteiger partial charge in [0.1, 0.15) is 0 Å². The van der Waals surface area contributed by atoms with Crippen molar-refractivity contribution in [2.24, 2.45) is 0 Å². The summed E-state index contributed by atoms with van der Waals surface area (Å²) in [5, 5.41) is 2.98. The zero-order chi connectivity index (χ0) is 11.7. The van der Waals surface area contributed by atoms with Crippen molar-refractivity contribution in [2.75, 3.05) is 33.8 Å². The minimum absolute atomic E-state index is 0.0371. The molecule has 0 aromatic rings. The lowest BCUT2D eigenvalue weighted by Crippen LogP contribution is -2.35. The highest BCUT2D eigenvalue weighted by Crippen LogP contribution is 1.97. The Balaban J connectivity index is 3.75. The quantitative estimate of drug-likeness (QED) is 0.609. The number of ether oxygens (including phenoxy) is 1. The number of nitrogens with zero attached hydrogens (tertiary/aromatic N) is 1. The predicted molar refractivity (Wildman–Crippen MR) is 57.4 cm³/mol. The van der Waals surface area contributed by atoms with Crippen LogP contribution in [0, 0.1) is 0 Å². The molecule has 88 valence electrons. The fourth-order valence-electron chi connectivity index (χ4n) is 1.19. The van der Waals surface area contributed by atoms with Gasteiger partial charge in [-0.15, -0.1) is 0 Å². The summed E-state index contributed by atoms with van der Waals surface area (Å²) in [7, 11) is 3.21. The number of carbonyl (C=O) groups is 2. The summed E-state index contributed by atoms with van der Waals surface area (Å²) in [4.78, 5) is 23.7. The minimum Gasteiger partial charge on any atom is -0.469 e. The topological polar surface area (TPSA) is 58.6 Å². The van der Waals surface area contributed by atoms with Crippen molar-refractivity contribution < 1.29 is 14.3 Å².